The Kier molecular flexibility index (Phi) is 8.89. The molecule has 0 heterocycles. The van der Waals surface area contributed by atoms with E-state index in [1.54, 1.807) is 26.0 Å². The van der Waals surface area contributed by atoms with E-state index >= 15 is 0 Å². The number of nitrogens with zero attached hydrogens (tertiary/aromatic N) is 2. The van der Waals surface area contributed by atoms with Gasteiger partial charge in [-0.05, 0) is 37.3 Å². The van der Waals surface area contributed by atoms with E-state index in [0.717, 1.165) is 9.79 Å². The zero-order valence-electron chi connectivity index (χ0n) is 17.5. The zero-order valence-corrected chi connectivity index (χ0v) is 18.4. The van der Waals surface area contributed by atoms with Crippen LogP contribution in [0.5, 0.6) is 0 Å². The maximum absolute atomic E-state index is 11.9. The predicted octanol–water partition coefficient (Wildman–Crippen LogP) is 3.80. The molecule has 0 aromatic heterocycles. The number of carbonyl (C=O) groups is 3. The molecule has 0 aliphatic rings. The summed E-state index contributed by atoms with van der Waals surface area (Å²) in [4.78, 5) is 42.5. The van der Waals surface area contributed by atoms with E-state index in [1.165, 1.54) is 23.8 Å². The highest BCUT2D eigenvalue weighted by molar-refractivity contribution is 7.99. The van der Waals surface area contributed by atoms with E-state index in [1.807, 2.05) is 36.4 Å². The summed E-state index contributed by atoms with van der Waals surface area (Å²) in [7, 11) is 1.18. The van der Waals surface area contributed by atoms with E-state index in [9.17, 15) is 14.4 Å². The lowest BCUT2D eigenvalue weighted by Gasteiger charge is -2.23. The van der Waals surface area contributed by atoms with E-state index in [0.29, 0.717) is 17.9 Å². The second-order valence-corrected chi connectivity index (χ2v) is 7.28. The minimum Gasteiger partial charge on any atom is -0.451 e. The molecule has 9 nitrogen and oxygen atoms in total. The van der Waals surface area contributed by atoms with Crippen LogP contribution in [0.3, 0.4) is 0 Å². The average molecular weight is 444 g/mol. The molecule has 164 valence electrons. The van der Waals surface area contributed by atoms with Crippen molar-refractivity contribution in [3.63, 3.8) is 0 Å². The number of carbonyl (C=O) groups excluding carboxylic acids is 3. The van der Waals surface area contributed by atoms with Gasteiger partial charge >= 0.3 is 12.1 Å². The van der Waals surface area contributed by atoms with E-state index in [-0.39, 0.29) is 18.3 Å². The van der Waals surface area contributed by atoms with Gasteiger partial charge in [0.05, 0.1) is 18.5 Å². The molecule has 4 amide bonds. The monoisotopic (exact) mass is 443 g/mol. The van der Waals surface area contributed by atoms with Gasteiger partial charge in [-0.1, -0.05) is 36.9 Å². The number of primary amides is 1. The molecule has 2 aromatic carbocycles. The number of nitrogens with two attached hydrogens (primary N) is 1. The standard InChI is InChI=1S/C21H25N5O4S/c1-4-18(27)24-20(25-21(29)30-3)23-16-13-15(31-14-9-7-6-8-10-14)11-12-17(16)26(5-2)19(22)28/h6-13H,4-5H2,1-3H3,(H2,22,28)(H2,23,24,25,27,29). The van der Waals surface area contributed by atoms with Gasteiger partial charge in [-0.3, -0.25) is 15.0 Å². The summed E-state index contributed by atoms with van der Waals surface area (Å²) in [5.74, 6) is -0.476. The molecular weight excluding hydrogens is 418 g/mol. The zero-order chi connectivity index (χ0) is 22.8. The molecule has 2 rings (SSSR count). The van der Waals surface area contributed by atoms with Crippen LogP contribution >= 0.6 is 11.8 Å². The fourth-order valence-electron chi connectivity index (χ4n) is 2.56. The summed E-state index contributed by atoms with van der Waals surface area (Å²) in [6.45, 7) is 3.77. The number of benzene rings is 2. The van der Waals surface area contributed by atoms with Crippen molar-refractivity contribution in [3.05, 3.63) is 48.5 Å². The fourth-order valence-corrected chi connectivity index (χ4v) is 3.43. The Hall–Kier alpha value is -3.53. The molecule has 0 aliphatic carbocycles. The molecule has 0 aliphatic heterocycles. The minimum absolute atomic E-state index is 0.123. The van der Waals surface area contributed by atoms with Gasteiger partial charge < -0.3 is 15.8 Å². The number of guanidine groups is 1. The maximum atomic E-state index is 11.9. The molecule has 0 atom stereocenters. The molecular formula is C21H25N5O4S. The Morgan fingerprint density at radius 3 is 2.39 bits per heavy atom. The van der Waals surface area contributed by atoms with Gasteiger partial charge in [0.15, 0.2) is 0 Å². The number of hydrogen-bond donors (Lipinski definition) is 3. The Bertz CT molecular complexity index is 965. The summed E-state index contributed by atoms with van der Waals surface area (Å²) < 4.78 is 4.57. The van der Waals surface area contributed by atoms with Crippen molar-refractivity contribution in [2.24, 2.45) is 10.7 Å². The third-order valence-corrected chi connectivity index (χ3v) is 5.03. The number of rotatable bonds is 6. The Labute approximate surface area is 185 Å². The van der Waals surface area contributed by atoms with E-state index in [4.69, 9.17) is 5.73 Å². The summed E-state index contributed by atoms with van der Waals surface area (Å²) in [5.41, 5.74) is 6.42. The van der Waals surface area contributed by atoms with Crippen LogP contribution in [0.25, 0.3) is 0 Å². The number of amides is 4. The van der Waals surface area contributed by atoms with Crippen LogP contribution in [0.15, 0.2) is 63.3 Å². The topological polar surface area (TPSA) is 126 Å². The van der Waals surface area contributed by atoms with Crippen molar-refractivity contribution >= 4 is 47.1 Å². The molecule has 4 N–H and O–H groups in total. The number of methoxy groups -OCH3 is 1. The second kappa shape index (κ2) is 11.6. The van der Waals surface area contributed by atoms with Gasteiger partial charge in [-0.25, -0.2) is 9.59 Å². The summed E-state index contributed by atoms with van der Waals surface area (Å²) in [6.07, 6.45) is -0.710. The lowest BCUT2D eigenvalue weighted by Crippen LogP contribution is -2.38. The van der Waals surface area contributed by atoms with Crippen LogP contribution in [0, 0.1) is 0 Å². The van der Waals surface area contributed by atoms with Crippen molar-refractivity contribution in [2.45, 2.75) is 30.1 Å². The Morgan fingerprint density at radius 2 is 1.81 bits per heavy atom. The van der Waals surface area contributed by atoms with Crippen LogP contribution in [-0.2, 0) is 9.53 Å². The van der Waals surface area contributed by atoms with Crippen LogP contribution < -0.4 is 21.3 Å². The number of anilines is 2. The molecule has 2 aromatic rings. The molecule has 0 unspecified atom stereocenters. The summed E-state index contributed by atoms with van der Waals surface area (Å²) >= 11 is 1.51. The highest BCUT2D eigenvalue weighted by Crippen LogP contribution is 2.34. The highest BCUT2D eigenvalue weighted by Gasteiger charge is 2.18. The first-order valence-corrected chi connectivity index (χ1v) is 10.4. The summed E-state index contributed by atoms with van der Waals surface area (Å²) in [5, 5.41) is 5.45. The number of aliphatic imine (C=N–C) groups is 1. The molecule has 10 heteroatoms. The van der Waals surface area contributed by atoms with Gasteiger partial charge in [0.25, 0.3) is 0 Å². The molecule has 0 saturated carbocycles. The quantitative estimate of drug-likeness (QED) is 0.460. The van der Waals surface area contributed by atoms with Crippen molar-refractivity contribution in [1.82, 2.24) is 5.32 Å². The van der Waals surface area contributed by atoms with Crippen molar-refractivity contribution in [1.29, 1.82) is 0 Å². The van der Waals surface area contributed by atoms with E-state index < -0.39 is 12.1 Å². The lowest BCUT2D eigenvalue weighted by molar-refractivity contribution is -0.119. The van der Waals surface area contributed by atoms with Gasteiger partial charge in [0.1, 0.15) is 0 Å². The molecule has 0 bridgehead atoms. The minimum atomic E-state index is -0.891. The van der Waals surface area contributed by atoms with E-state index in [2.05, 4.69) is 20.4 Å². The third kappa shape index (κ3) is 7.03. The van der Waals surface area contributed by atoms with Crippen LogP contribution in [-0.4, -0.2) is 37.6 Å². The first kappa shape index (κ1) is 23.7. The van der Waals surface area contributed by atoms with Crippen LogP contribution in [0.1, 0.15) is 20.3 Å². The van der Waals surface area contributed by atoms with Gasteiger partial charge in [0, 0.05) is 22.8 Å². The number of nitrogens with one attached hydrogen (secondary N) is 2. The molecule has 0 radical (unpaired) electrons. The van der Waals surface area contributed by atoms with Crippen LogP contribution in [0.4, 0.5) is 21.0 Å². The first-order chi connectivity index (χ1) is 14.9. The first-order valence-electron chi connectivity index (χ1n) is 9.55. The largest absolute Gasteiger partial charge is 0.451 e. The summed E-state index contributed by atoms with van der Waals surface area (Å²) in [6, 6.07) is 14.5. The normalized spacial score (nSPS) is 10.9. The molecule has 31 heavy (non-hydrogen) atoms. The number of ether oxygens (including phenoxy) is 1. The van der Waals surface area contributed by atoms with Crippen molar-refractivity contribution in [3.8, 4) is 0 Å². The van der Waals surface area contributed by atoms with Gasteiger partial charge in [0.2, 0.25) is 11.9 Å². The van der Waals surface area contributed by atoms with Crippen LogP contribution in [0.2, 0.25) is 0 Å². The Morgan fingerprint density at radius 1 is 1.10 bits per heavy atom. The van der Waals surface area contributed by atoms with Crippen molar-refractivity contribution in [2.75, 3.05) is 23.9 Å². The van der Waals surface area contributed by atoms with Crippen molar-refractivity contribution < 1.29 is 19.1 Å². The number of urea groups is 1. The SMILES string of the molecule is CCC(=O)NC(=NC(=O)OC)Nc1cc(Sc2ccccc2)ccc1N(CC)C(N)=O. The molecule has 0 saturated heterocycles. The third-order valence-electron chi connectivity index (χ3n) is 4.03. The fraction of sp³-hybridized carbons (Fsp3) is 0.238. The average Bonchev–Trinajstić information content (AvgIpc) is 2.75. The lowest BCUT2D eigenvalue weighted by atomic mass is 10.2. The maximum Gasteiger partial charge on any atom is 0.436 e. The van der Waals surface area contributed by atoms with Gasteiger partial charge in [-0.2, -0.15) is 0 Å². The molecule has 0 spiro atoms. The smallest absolute Gasteiger partial charge is 0.436 e. The predicted molar refractivity (Wildman–Crippen MR) is 122 cm³/mol. The second-order valence-electron chi connectivity index (χ2n) is 6.13. The Balaban J connectivity index is 2.48. The molecule has 0 fully saturated rings. The van der Waals surface area contributed by atoms with Gasteiger partial charge in [-0.15, -0.1) is 4.99 Å². The highest BCUT2D eigenvalue weighted by atomic mass is 32.2. The number of hydrogen-bond acceptors (Lipinski definition) is 5.